The smallest absolute Gasteiger partial charge is 0.221 e. The van der Waals surface area contributed by atoms with Gasteiger partial charge in [-0.15, -0.1) is 0 Å². The molecule has 1 rings (SSSR count). The summed E-state index contributed by atoms with van der Waals surface area (Å²) in [7, 11) is 1.61. The molecule has 6 nitrogen and oxygen atoms in total. The van der Waals surface area contributed by atoms with Crippen LogP contribution < -0.4 is 10.6 Å². The maximum absolute atomic E-state index is 11.4. The molecule has 0 spiro atoms. The highest BCUT2D eigenvalue weighted by Crippen LogP contribution is 2.13. The molecule has 0 saturated heterocycles. The first kappa shape index (κ1) is 15.4. The number of rotatable bonds is 8. The van der Waals surface area contributed by atoms with Crippen LogP contribution in [0.25, 0.3) is 0 Å². The van der Waals surface area contributed by atoms with E-state index in [9.17, 15) is 4.79 Å². The van der Waals surface area contributed by atoms with E-state index in [2.05, 4.69) is 34.4 Å². The van der Waals surface area contributed by atoms with Crippen molar-refractivity contribution in [1.82, 2.24) is 15.3 Å². The minimum atomic E-state index is 0.00249. The summed E-state index contributed by atoms with van der Waals surface area (Å²) in [5.74, 6) is 1.12. The highest BCUT2D eigenvalue weighted by atomic mass is 16.5. The molecule has 1 aromatic heterocycles. The molecule has 0 aromatic carbocycles. The molecule has 6 heteroatoms. The van der Waals surface area contributed by atoms with Crippen LogP contribution in [0.4, 0.5) is 5.82 Å². The van der Waals surface area contributed by atoms with E-state index in [0.29, 0.717) is 32.0 Å². The number of methoxy groups -OCH3 is 1. The first-order valence-electron chi connectivity index (χ1n) is 6.45. The third-order valence-corrected chi connectivity index (χ3v) is 2.57. The number of anilines is 1. The number of amides is 1. The molecule has 0 radical (unpaired) electrons. The molecule has 2 N–H and O–H groups in total. The third kappa shape index (κ3) is 6.15. The second-order valence-electron chi connectivity index (χ2n) is 4.50. The molecule has 0 unspecified atom stereocenters. The van der Waals surface area contributed by atoms with E-state index in [4.69, 9.17) is 4.74 Å². The molecule has 0 atom stereocenters. The van der Waals surface area contributed by atoms with Crippen molar-refractivity contribution < 1.29 is 9.53 Å². The minimum Gasteiger partial charge on any atom is -0.383 e. The number of hydrogen-bond donors (Lipinski definition) is 2. The number of carbonyl (C=O) groups is 1. The van der Waals surface area contributed by atoms with Crippen molar-refractivity contribution in [3.05, 3.63) is 18.1 Å². The Morgan fingerprint density at radius 1 is 1.37 bits per heavy atom. The Labute approximate surface area is 114 Å². The molecule has 0 aliphatic heterocycles. The van der Waals surface area contributed by atoms with Gasteiger partial charge < -0.3 is 15.4 Å². The van der Waals surface area contributed by atoms with Gasteiger partial charge in [-0.1, -0.05) is 13.8 Å². The van der Waals surface area contributed by atoms with Crippen LogP contribution in [-0.4, -0.2) is 42.7 Å². The average Bonchev–Trinajstić information content (AvgIpc) is 2.39. The molecule has 0 aliphatic carbocycles. The zero-order chi connectivity index (χ0) is 14.1. The highest BCUT2D eigenvalue weighted by molar-refractivity contribution is 5.76. The van der Waals surface area contributed by atoms with Gasteiger partial charge in [0.1, 0.15) is 12.1 Å². The Morgan fingerprint density at radius 3 is 2.84 bits per heavy atom. The van der Waals surface area contributed by atoms with Crippen molar-refractivity contribution in [2.45, 2.75) is 26.2 Å². The fourth-order valence-electron chi connectivity index (χ4n) is 1.47. The molecule has 0 aliphatic rings. The van der Waals surface area contributed by atoms with E-state index < -0.39 is 0 Å². The van der Waals surface area contributed by atoms with E-state index in [-0.39, 0.29) is 5.91 Å². The predicted molar refractivity (Wildman–Crippen MR) is 74.1 cm³/mol. The summed E-state index contributed by atoms with van der Waals surface area (Å²) in [6.45, 7) is 5.78. The van der Waals surface area contributed by atoms with Gasteiger partial charge in [-0.3, -0.25) is 4.79 Å². The van der Waals surface area contributed by atoms with Gasteiger partial charge >= 0.3 is 0 Å². The largest absolute Gasteiger partial charge is 0.383 e. The summed E-state index contributed by atoms with van der Waals surface area (Å²) in [5, 5.41) is 5.88. The Kier molecular flexibility index (Phi) is 6.81. The Bertz CT molecular complexity index is 396. The summed E-state index contributed by atoms with van der Waals surface area (Å²) in [5.41, 5.74) is 0.988. The van der Waals surface area contributed by atoms with Gasteiger partial charge in [0, 0.05) is 38.4 Å². The highest BCUT2D eigenvalue weighted by Gasteiger charge is 2.04. The number of hydrogen-bond acceptors (Lipinski definition) is 5. The number of nitrogens with one attached hydrogen (secondary N) is 2. The van der Waals surface area contributed by atoms with Crippen molar-refractivity contribution in [2.24, 2.45) is 0 Å². The van der Waals surface area contributed by atoms with Gasteiger partial charge in [-0.2, -0.15) is 0 Å². The van der Waals surface area contributed by atoms with Crippen molar-refractivity contribution in [3.8, 4) is 0 Å². The normalized spacial score (nSPS) is 10.5. The molecule has 0 saturated carbocycles. The lowest BCUT2D eigenvalue weighted by molar-refractivity contribution is -0.121. The first-order valence-corrected chi connectivity index (χ1v) is 6.45. The Hall–Kier alpha value is -1.69. The van der Waals surface area contributed by atoms with Crippen LogP contribution in [-0.2, 0) is 9.53 Å². The summed E-state index contributed by atoms with van der Waals surface area (Å²) in [6, 6.07) is 1.91. The fraction of sp³-hybridized carbons (Fsp3) is 0.615. The predicted octanol–water partition coefficient (Wildman–Crippen LogP) is 1.16. The Morgan fingerprint density at radius 2 is 2.16 bits per heavy atom. The van der Waals surface area contributed by atoms with Gasteiger partial charge in [-0.25, -0.2) is 9.97 Å². The SMILES string of the molecule is COCCNC(=O)CCNc1cc(C(C)C)ncn1. The van der Waals surface area contributed by atoms with Crippen LogP contribution in [0.3, 0.4) is 0 Å². The maximum atomic E-state index is 11.4. The quantitative estimate of drug-likeness (QED) is 0.691. The van der Waals surface area contributed by atoms with Gasteiger partial charge in [0.15, 0.2) is 0 Å². The summed E-state index contributed by atoms with van der Waals surface area (Å²) in [4.78, 5) is 19.8. The summed E-state index contributed by atoms with van der Waals surface area (Å²) in [6.07, 6.45) is 1.95. The van der Waals surface area contributed by atoms with E-state index in [1.54, 1.807) is 7.11 Å². The van der Waals surface area contributed by atoms with Gasteiger partial charge in [0.2, 0.25) is 5.91 Å². The van der Waals surface area contributed by atoms with Crippen LogP contribution in [0.5, 0.6) is 0 Å². The number of nitrogens with zero attached hydrogens (tertiary/aromatic N) is 2. The Balaban J connectivity index is 2.29. The lowest BCUT2D eigenvalue weighted by atomic mass is 10.1. The van der Waals surface area contributed by atoms with Gasteiger partial charge in [-0.05, 0) is 5.92 Å². The molecular weight excluding hydrogens is 244 g/mol. The van der Waals surface area contributed by atoms with Gasteiger partial charge in [0.05, 0.1) is 6.61 Å². The topological polar surface area (TPSA) is 76.1 Å². The van der Waals surface area contributed by atoms with Crippen LogP contribution in [0, 0.1) is 0 Å². The van der Waals surface area contributed by atoms with Crippen molar-refractivity contribution in [2.75, 3.05) is 32.1 Å². The molecule has 1 heterocycles. The molecular formula is C13H22N4O2. The van der Waals surface area contributed by atoms with Crippen LogP contribution in [0.2, 0.25) is 0 Å². The number of aromatic nitrogens is 2. The lowest BCUT2D eigenvalue weighted by Crippen LogP contribution is -2.28. The number of ether oxygens (including phenoxy) is 1. The van der Waals surface area contributed by atoms with Crippen molar-refractivity contribution in [1.29, 1.82) is 0 Å². The summed E-state index contributed by atoms with van der Waals surface area (Å²) < 4.78 is 4.85. The molecule has 0 bridgehead atoms. The van der Waals surface area contributed by atoms with Crippen LogP contribution >= 0.6 is 0 Å². The first-order chi connectivity index (χ1) is 9.13. The molecule has 19 heavy (non-hydrogen) atoms. The van der Waals surface area contributed by atoms with E-state index >= 15 is 0 Å². The zero-order valence-electron chi connectivity index (χ0n) is 11.8. The second kappa shape index (κ2) is 8.42. The second-order valence-corrected chi connectivity index (χ2v) is 4.50. The molecule has 106 valence electrons. The zero-order valence-corrected chi connectivity index (χ0v) is 11.8. The summed E-state index contributed by atoms with van der Waals surface area (Å²) >= 11 is 0. The maximum Gasteiger partial charge on any atom is 0.221 e. The molecule has 1 amide bonds. The fourth-order valence-corrected chi connectivity index (χ4v) is 1.47. The standard InChI is InChI=1S/C13H22N4O2/c1-10(2)11-8-12(17-9-16-11)14-5-4-13(18)15-6-7-19-3/h8-10H,4-7H2,1-3H3,(H,15,18)(H,14,16,17). The number of carbonyl (C=O) groups excluding carboxylic acids is 1. The van der Waals surface area contributed by atoms with E-state index in [1.807, 2.05) is 6.07 Å². The monoisotopic (exact) mass is 266 g/mol. The van der Waals surface area contributed by atoms with Crippen LogP contribution in [0.15, 0.2) is 12.4 Å². The van der Waals surface area contributed by atoms with E-state index in [0.717, 1.165) is 11.5 Å². The lowest BCUT2D eigenvalue weighted by Gasteiger charge is -2.08. The van der Waals surface area contributed by atoms with Gasteiger partial charge in [0.25, 0.3) is 0 Å². The minimum absolute atomic E-state index is 0.00249. The average molecular weight is 266 g/mol. The van der Waals surface area contributed by atoms with E-state index in [1.165, 1.54) is 6.33 Å². The molecule has 1 aromatic rings. The van der Waals surface area contributed by atoms with Crippen molar-refractivity contribution in [3.63, 3.8) is 0 Å². The van der Waals surface area contributed by atoms with Crippen molar-refractivity contribution >= 4 is 11.7 Å². The molecule has 0 fully saturated rings. The third-order valence-electron chi connectivity index (χ3n) is 2.57. The van der Waals surface area contributed by atoms with Crippen LogP contribution in [0.1, 0.15) is 31.9 Å².